The molecule has 0 unspecified atom stereocenters. The number of carbonyl (C=O) groups is 1. The Morgan fingerprint density at radius 1 is 1.47 bits per heavy atom. The van der Waals surface area contributed by atoms with Crippen molar-refractivity contribution >= 4 is 18.5 Å². The van der Waals surface area contributed by atoms with E-state index in [1.807, 2.05) is 6.07 Å². The van der Waals surface area contributed by atoms with E-state index in [9.17, 15) is 4.79 Å². The second kappa shape index (κ2) is 5.01. The van der Waals surface area contributed by atoms with Crippen LogP contribution in [0.3, 0.4) is 0 Å². The number of amides is 1. The minimum absolute atomic E-state index is 0.178. The van der Waals surface area contributed by atoms with Crippen molar-refractivity contribution in [3.63, 3.8) is 0 Å². The van der Waals surface area contributed by atoms with Crippen molar-refractivity contribution in [2.75, 3.05) is 0 Å². The van der Waals surface area contributed by atoms with Gasteiger partial charge < -0.3 is 5.32 Å². The molecule has 0 spiro atoms. The van der Waals surface area contributed by atoms with Crippen LogP contribution in [-0.4, -0.2) is 20.7 Å². The van der Waals surface area contributed by atoms with Gasteiger partial charge in [-0.15, -0.1) is 12.6 Å². The summed E-state index contributed by atoms with van der Waals surface area (Å²) in [5.74, 6) is 0.403. The minimum atomic E-state index is -0.178. The molecule has 1 heterocycles. The van der Waals surface area contributed by atoms with Gasteiger partial charge >= 0.3 is 0 Å². The van der Waals surface area contributed by atoms with E-state index in [0.29, 0.717) is 22.8 Å². The molecule has 17 heavy (non-hydrogen) atoms. The van der Waals surface area contributed by atoms with Gasteiger partial charge in [0.05, 0.1) is 12.1 Å². The summed E-state index contributed by atoms with van der Waals surface area (Å²) in [6.07, 6.45) is 1.59. The third-order valence-electron chi connectivity index (χ3n) is 2.20. The summed E-state index contributed by atoms with van der Waals surface area (Å²) in [5, 5.41) is 6.81. The molecule has 0 aliphatic rings. The molecule has 0 bridgehead atoms. The first-order valence-electron chi connectivity index (χ1n) is 5.07. The third-order valence-corrected chi connectivity index (χ3v) is 2.59. The lowest BCUT2D eigenvalue weighted by molar-refractivity contribution is 0.0947. The molecular formula is C11H12N4OS. The molecule has 1 N–H and O–H groups in total. The highest BCUT2D eigenvalue weighted by Crippen LogP contribution is 2.12. The molecule has 0 aliphatic carbocycles. The summed E-state index contributed by atoms with van der Waals surface area (Å²) < 4.78 is 1.59. The Bertz CT molecular complexity index is 538. The Hall–Kier alpha value is -1.82. The Kier molecular flexibility index (Phi) is 3.43. The van der Waals surface area contributed by atoms with Crippen LogP contribution in [0.5, 0.6) is 0 Å². The Labute approximate surface area is 104 Å². The molecule has 0 atom stereocenters. The van der Waals surface area contributed by atoms with Gasteiger partial charge in [0.15, 0.2) is 5.82 Å². The molecule has 1 aromatic carbocycles. The van der Waals surface area contributed by atoms with Gasteiger partial charge in [-0.3, -0.25) is 9.48 Å². The van der Waals surface area contributed by atoms with Crippen LogP contribution in [-0.2, 0) is 13.6 Å². The summed E-state index contributed by atoms with van der Waals surface area (Å²) in [7, 11) is 1.78. The molecule has 1 aromatic heterocycles. The number of hydrogen-bond donors (Lipinski definition) is 2. The maximum absolute atomic E-state index is 11.8. The standard InChI is InChI=1S/C11H12N4OS/c1-15-7-13-10(14-15)6-12-11(16)8-4-2-3-5-9(8)17/h2-5,7,17H,6H2,1H3,(H,12,16). The fraction of sp³-hybridized carbons (Fsp3) is 0.182. The van der Waals surface area contributed by atoms with Gasteiger partial charge in [-0.25, -0.2) is 4.98 Å². The van der Waals surface area contributed by atoms with E-state index >= 15 is 0 Å². The summed E-state index contributed by atoms with van der Waals surface area (Å²) in [6.45, 7) is 0.307. The number of nitrogens with one attached hydrogen (secondary N) is 1. The normalized spacial score (nSPS) is 10.2. The van der Waals surface area contributed by atoms with E-state index < -0.39 is 0 Å². The second-order valence-corrected chi connectivity index (χ2v) is 4.02. The predicted octanol–water partition coefficient (Wildman–Crippen LogP) is 1.03. The molecule has 2 rings (SSSR count). The van der Waals surface area contributed by atoms with Gasteiger partial charge in [-0.1, -0.05) is 12.1 Å². The van der Waals surface area contributed by atoms with Crippen LogP contribution in [0.25, 0.3) is 0 Å². The quantitative estimate of drug-likeness (QED) is 0.798. The zero-order valence-electron chi connectivity index (χ0n) is 9.29. The molecule has 0 saturated heterocycles. The highest BCUT2D eigenvalue weighted by molar-refractivity contribution is 7.80. The molecule has 0 fully saturated rings. The Morgan fingerprint density at radius 3 is 2.88 bits per heavy atom. The number of rotatable bonds is 3. The van der Waals surface area contributed by atoms with Crippen LogP contribution in [0.2, 0.25) is 0 Å². The van der Waals surface area contributed by atoms with Crippen molar-refractivity contribution in [3.8, 4) is 0 Å². The van der Waals surface area contributed by atoms with Crippen LogP contribution in [0.4, 0.5) is 0 Å². The molecule has 0 saturated carbocycles. The molecule has 0 aliphatic heterocycles. The third kappa shape index (κ3) is 2.85. The molecule has 88 valence electrons. The minimum Gasteiger partial charge on any atom is -0.345 e. The van der Waals surface area contributed by atoms with Crippen LogP contribution in [0, 0.1) is 0 Å². The molecular weight excluding hydrogens is 236 g/mol. The van der Waals surface area contributed by atoms with Crippen molar-refractivity contribution in [2.24, 2.45) is 7.05 Å². The van der Waals surface area contributed by atoms with Gasteiger partial charge in [-0.2, -0.15) is 5.10 Å². The van der Waals surface area contributed by atoms with Crippen molar-refractivity contribution in [3.05, 3.63) is 42.0 Å². The number of nitrogens with zero attached hydrogens (tertiary/aromatic N) is 3. The number of carbonyl (C=O) groups excluding carboxylic acids is 1. The van der Waals surface area contributed by atoms with E-state index in [4.69, 9.17) is 0 Å². The van der Waals surface area contributed by atoms with E-state index in [1.54, 1.807) is 36.3 Å². The maximum atomic E-state index is 11.8. The van der Waals surface area contributed by atoms with Crippen molar-refractivity contribution in [1.29, 1.82) is 0 Å². The zero-order chi connectivity index (χ0) is 12.3. The lowest BCUT2D eigenvalue weighted by Gasteiger charge is -2.04. The van der Waals surface area contributed by atoms with Gasteiger partial charge in [0.2, 0.25) is 0 Å². The summed E-state index contributed by atoms with van der Waals surface area (Å²) >= 11 is 4.23. The first-order chi connectivity index (χ1) is 8.16. The lowest BCUT2D eigenvalue weighted by atomic mass is 10.2. The highest BCUT2D eigenvalue weighted by Gasteiger charge is 2.09. The van der Waals surface area contributed by atoms with Crippen LogP contribution >= 0.6 is 12.6 Å². The fourth-order valence-corrected chi connectivity index (χ4v) is 1.65. The molecule has 6 heteroatoms. The van der Waals surface area contributed by atoms with Crippen molar-refractivity contribution < 1.29 is 4.79 Å². The first-order valence-corrected chi connectivity index (χ1v) is 5.52. The summed E-state index contributed by atoms with van der Waals surface area (Å²) in [6, 6.07) is 7.13. The van der Waals surface area contributed by atoms with Gasteiger partial charge in [0, 0.05) is 11.9 Å². The SMILES string of the molecule is Cn1cnc(CNC(=O)c2ccccc2S)n1. The van der Waals surface area contributed by atoms with Gasteiger partial charge in [0.1, 0.15) is 6.33 Å². The van der Waals surface area contributed by atoms with Crippen LogP contribution in [0.15, 0.2) is 35.5 Å². The highest BCUT2D eigenvalue weighted by atomic mass is 32.1. The van der Waals surface area contributed by atoms with Crippen LogP contribution in [0.1, 0.15) is 16.2 Å². The summed E-state index contributed by atoms with van der Waals surface area (Å²) in [4.78, 5) is 16.5. The number of aryl methyl sites for hydroxylation is 1. The number of thiol groups is 1. The average molecular weight is 248 g/mol. The first kappa shape index (κ1) is 11.7. The van der Waals surface area contributed by atoms with E-state index in [2.05, 4.69) is 28.0 Å². The number of benzene rings is 1. The Morgan fingerprint density at radius 2 is 2.24 bits per heavy atom. The van der Waals surface area contributed by atoms with Crippen LogP contribution < -0.4 is 5.32 Å². The monoisotopic (exact) mass is 248 g/mol. The van der Waals surface area contributed by atoms with Gasteiger partial charge in [0.25, 0.3) is 5.91 Å². The average Bonchev–Trinajstić information content (AvgIpc) is 2.73. The van der Waals surface area contributed by atoms with E-state index in [-0.39, 0.29) is 5.91 Å². The molecule has 2 aromatic rings. The maximum Gasteiger partial charge on any atom is 0.252 e. The smallest absolute Gasteiger partial charge is 0.252 e. The predicted molar refractivity (Wildman–Crippen MR) is 65.9 cm³/mol. The topological polar surface area (TPSA) is 59.8 Å². The number of hydrogen-bond acceptors (Lipinski definition) is 4. The zero-order valence-corrected chi connectivity index (χ0v) is 10.2. The molecule has 5 nitrogen and oxygen atoms in total. The largest absolute Gasteiger partial charge is 0.345 e. The summed E-state index contributed by atoms with van der Waals surface area (Å²) in [5.41, 5.74) is 0.548. The second-order valence-electron chi connectivity index (χ2n) is 3.53. The molecule has 1 amide bonds. The Balaban J connectivity index is 2.01. The van der Waals surface area contributed by atoms with E-state index in [1.165, 1.54) is 0 Å². The number of aromatic nitrogens is 3. The fourth-order valence-electron chi connectivity index (χ4n) is 1.39. The van der Waals surface area contributed by atoms with Crippen molar-refractivity contribution in [1.82, 2.24) is 20.1 Å². The van der Waals surface area contributed by atoms with Gasteiger partial charge in [-0.05, 0) is 12.1 Å². The molecule has 0 radical (unpaired) electrons. The lowest BCUT2D eigenvalue weighted by Crippen LogP contribution is -2.23. The van der Waals surface area contributed by atoms with Crippen molar-refractivity contribution in [2.45, 2.75) is 11.4 Å². The van der Waals surface area contributed by atoms with E-state index in [0.717, 1.165) is 0 Å².